The minimum atomic E-state index is -0.178. The molecule has 0 aliphatic heterocycles. The van der Waals surface area contributed by atoms with E-state index in [4.69, 9.17) is 16.3 Å². The van der Waals surface area contributed by atoms with Crippen molar-refractivity contribution >= 4 is 29.3 Å². The van der Waals surface area contributed by atoms with Gasteiger partial charge in [-0.2, -0.15) is 0 Å². The van der Waals surface area contributed by atoms with Crippen molar-refractivity contribution in [1.82, 2.24) is 0 Å². The van der Waals surface area contributed by atoms with Crippen LogP contribution in [0.2, 0.25) is 5.02 Å². The minimum Gasteiger partial charge on any atom is -0.495 e. The molecule has 0 aliphatic carbocycles. The van der Waals surface area contributed by atoms with Gasteiger partial charge in [-0.3, -0.25) is 4.79 Å². The van der Waals surface area contributed by atoms with Gasteiger partial charge in [0.05, 0.1) is 12.1 Å². The Labute approximate surface area is 148 Å². The number of rotatable bonds is 4. The number of ether oxygens (including phenoxy) is 1. The molecule has 0 aromatic heterocycles. The first-order valence-electron chi connectivity index (χ1n) is 7.73. The molecule has 2 aromatic rings. The van der Waals surface area contributed by atoms with Crippen LogP contribution >= 0.6 is 11.6 Å². The molecule has 126 valence electrons. The number of allylic oxidation sites excluding steroid dienone is 1. The molecule has 0 aliphatic rings. The van der Waals surface area contributed by atoms with Crippen molar-refractivity contribution < 1.29 is 9.53 Å². The molecular weight excluding hydrogens is 322 g/mol. The van der Waals surface area contributed by atoms with Crippen molar-refractivity contribution in [3.63, 3.8) is 0 Å². The van der Waals surface area contributed by atoms with Crippen LogP contribution in [0.1, 0.15) is 36.7 Å². The molecule has 2 rings (SSSR count). The molecule has 0 radical (unpaired) electrons. The minimum absolute atomic E-state index is 0.129. The quantitative estimate of drug-likeness (QED) is 0.777. The molecule has 1 N–H and O–H groups in total. The maximum atomic E-state index is 12.3. The molecule has 0 heterocycles. The summed E-state index contributed by atoms with van der Waals surface area (Å²) in [6.07, 6.45) is 4.20. The Morgan fingerprint density at radius 2 is 1.79 bits per heavy atom. The number of methoxy groups -OCH3 is 1. The summed E-state index contributed by atoms with van der Waals surface area (Å²) in [6.45, 7) is 6.43. The predicted octanol–water partition coefficient (Wildman–Crippen LogP) is 5.66. The van der Waals surface area contributed by atoms with Crippen molar-refractivity contribution in [2.24, 2.45) is 5.41 Å². The fourth-order valence-corrected chi connectivity index (χ4v) is 2.30. The summed E-state index contributed by atoms with van der Waals surface area (Å²) in [5, 5.41) is 3.29. The van der Waals surface area contributed by atoms with Crippen LogP contribution in [0.3, 0.4) is 0 Å². The first-order chi connectivity index (χ1) is 11.3. The molecule has 0 spiro atoms. The van der Waals surface area contributed by atoms with E-state index < -0.39 is 0 Å². The molecule has 1 amide bonds. The molecule has 0 fully saturated rings. The van der Waals surface area contributed by atoms with E-state index in [0.29, 0.717) is 22.0 Å². The van der Waals surface area contributed by atoms with Crippen molar-refractivity contribution in [3.05, 3.63) is 64.7 Å². The largest absolute Gasteiger partial charge is 0.495 e. The van der Waals surface area contributed by atoms with Crippen LogP contribution in [0.25, 0.3) is 6.08 Å². The number of nitrogens with one attached hydrogen (secondary N) is 1. The molecule has 4 heteroatoms. The zero-order valence-corrected chi connectivity index (χ0v) is 15.1. The average molecular weight is 344 g/mol. The number of carbonyl (C=O) groups is 1. The molecule has 3 nitrogen and oxygen atoms in total. The Bertz CT molecular complexity index is 743. The van der Waals surface area contributed by atoms with Crippen molar-refractivity contribution in [2.75, 3.05) is 12.4 Å². The van der Waals surface area contributed by atoms with Crippen molar-refractivity contribution in [1.29, 1.82) is 0 Å². The van der Waals surface area contributed by atoms with E-state index in [0.717, 1.165) is 5.56 Å². The van der Waals surface area contributed by atoms with Gasteiger partial charge < -0.3 is 10.1 Å². The number of carbonyl (C=O) groups excluding carboxylic acids is 1. The summed E-state index contributed by atoms with van der Waals surface area (Å²) in [7, 11) is 1.55. The lowest BCUT2D eigenvalue weighted by molar-refractivity contribution is 0.102. The first-order valence-corrected chi connectivity index (χ1v) is 8.10. The summed E-state index contributed by atoms with van der Waals surface area (Å²) in [5.74, 6) is 0.396. The monoisotopic (exact) mass is 343 g/mol. The number of halogens is 1. The standard InChI is InChI=1S/C20H22ClNO2/c1-20(2,3)12-11-14-5-7-15(8-6-14)19(23)22-16-9-10-18(24-4)17(21)13-16/h5-13H,1-4H3,(H,22,23)/b12-11+. The van der Waals surface area contributed by atoms with Gasteiger partial charge in [-0.25, -0.2) is 0 Å². The van der Waals surface area contributed by atoms with E-state index in [1.54, 1.807) is 25.3 Å². The van der Waals surface area contributed by atoms with Crippen LogP contribution < -0.4 is 10.1 Å². The summed E-state index contributed by atoms with van der Waals surface area (Å²) in [5.41, 5.74) is 2.41. The van der Waals surface area contributed by atoms with E-state index in [1.165, 1.54) is 0 Å². The second kappa shape index (κ2) is 7.54. The SMILES string of the molecule is COc1ccc(NC(=O)c2ccc(/C=C/C(C)(C)C)cc2)cc1Cl. The topological polar surface area (TPSA) is 38.3 Å². The molecule has 0 unspecified atom stereocenters. The predicted molar refractivity (Wildman–Crippen MR) is 101 cm³/mol. The zero-order valence-electron chi connectivity index (χ0n) is 14.4. The summed E-state index contributed by atoms with van der Waals surface area (Å²) < 4.78 is 5.10. The van der Waals surface area contributed by atoms with Crippen LogP contribution in [0.5, 0.6) is 5.75 Å². The third-order valence-electron chi connectivity index (χ3n) is 3.36. The third kappa shape index (κ3) is 5.14. The van der Waals surface area contributed by atoms with E-state index >= 15 is 0 Å². The van der Waals surface area contributed by atoms with Gasteiger partial charge >= 0.3 is 0 Å². The fourth-order valence-electron chi connectivity index (χ4n) is 2.04. The van der Waals surface area contributed by atoms with Crippen LogP contribution in [-0.2, 0) is 0 Å². The second-order valence-electron chi connectivity index (χ2n) is 6.62. The molecule has 0 atom stereocenters. The average Bonchev–Trinajstić information content (AvgIpc) is 2.53. The first kappa shape index (κ1) is 18.1. The molecule has 0 saturated heterocycles. The van der Waals surface area contributed by atoms with E-state index in [9.17, 15) is 4.79 Å². The third-order valence-corrected chi connectivity index (χ3v) is 3.65. The van der Waals surface area contributed by atoms with Gasteiger partial charge in [0, 0.05) is 11.3 Å². The lowest BCUT2D eigenvalue weighted by atomic mass is 9.95. The molecule has 0 saturated carbocycles. The zero-order chi connectivity index (χ0) is 17.7. The normalized spacial score (nSPS) is 11.5. The van der Waals surface area contributed by atoms with Crippen LogP contribution in [0, 0.1) is 5.41 Å². The molecule has 24 heavy (non-hydrogen) atoms. The van der Waals surface area contributed by atoms with Gasteiger partial charge in [-0.1, -0.05) is 56.7 Å². The number of hydrogen-bond acceptors (Lipinski definition) is 2. The highest BCUT2D eigenvalue weighted by molar-refractivity contribution is 6.32. The summed E-state index contributed by atoms with van der Waals surface area (Å²) >= 11 is 6.07. The highest BCUT2D eigenvalue weighted by Gasteiger charge is 2.08. The Balaban J connectivity index is 2.07. The Morgan fingerprint density at radius 3 is 2.33 bits per heavy atom. The van der Waals surface area contributed by atoms with Gasteiger partial charge in [0.25, 0.3) is 5.91 Å². The van der Waals surface area contributed by atoms with Gasteiger partial charge in [0.2, 0.25) is 0 Å². The maximum Gasteiger partial charge on any atom is 0.255 e. The Hall–Kier alpha value is -2.26. The Morgan fingerprint density at radius 1 is 1.12 bits per heavy atom. The van der Waals surface area contributed by atoms with E-state index in [-0.39, 0.29) is 11.3 Å². The van der Waals surface area contributed by atoms with Crippen LogP contribution in [0.15, 0.2) is 48.5 Å². The van der Waals surface area contributed by atoms with Gasteiger partial charge in [0.1, 0.15) is 5.75 Å². The van der Waals surface area contributed by atoms with Gasteiger partial charge in [-0.05, 0) is 41.3 Å². The van der Waals surface area contributed by atoms with Crippen LogP contribution in [-0.4, -0.2) is 13.0 Å². The lowest BCUT2D eigenvalue weighted by Crippen LogP contribution is -2.11. The number of hydrogen-bond donors (Lipinski definition) is 1. The smallest absolute Gasteiger partial charge is 0.255 e. The van der Waals surface area contributed by atoms with Crippen LogP contribution in [0.4, 0.5) is 5.69 Å². The van der Waals surface area contributed by atoms with Crippen molar-refractivity contribution in [2.45, 2.75) is 20.8 Å². The molecule has 2 aromatic carbocycles. The second-order valence-corrected chi connectivity index (χ2v) is 7.03. The summed E-state index contributed by atoms with van der Waals surface area (Å²) in [6, 6.07) is 12.6. The van der Waals surface area contributed by atoms with Gasteiger partial charge in [-0.15, -0.1) is 0 Å². The molecular formula is C20H22ClNO2. The highest BCUT2D eigenvalue weighted by Crippen LogP contribution is 2.27. The van der Waals surface area contributed by atoms with Gasteiger partial charge in [0.15, 0.2) is 0 Å². The van der Waals surface area contributed by atoms with Crippen molar-refractivity contribution in [3.8, 4) is 5.75 Å². The fraction of sp³-hybridized carbons (Fsp3) is 0.250. The maximum absolute atomic E-state index is 12.3. The van der Waals surface area contributed by atoms with E-state index in [1.807, 2.05) is 24.3 Å². The number of amides is 1. The molecule has 0 bridgehead atoms. The Kier molecular flexibility index (Phi) is 5.68. The number of anilines is 1. The summed E-state index contributed by atoms with van der Waals surface area (Å²) in [4.78, 5) is 12.3. The highest BCUT2D eigenvalue weighted by atomic mass is 35.5. The number of benzene rings is 2. The lowest BCUT2D eigenvalue weighted by Gasteiger charge is -2.11. The van der Waals surface area contributed by atoms with E-state index in [2.05, 4.69) is 38.2 Å².